The molecule has 0 saturated heterocycles. The molecule has 1 N–H and O–H groups in total. The third-order valence-electron chi connectivity index (χ3n) is 2.75. The first-order chi connectivity index (χ1) is 10.8. The van der Waals surface area contributed by atoms with Crippen LogP contribution in [0.5, 0.6) is 0 Å². The lowest BCUT2D eigenvalue weighted by molar-refractivity contribution is -0.113. The molecule has 1 aromatic heterocycles. The minimum absolute atomic E-state index is 0.180. The third-order valence-corrected chi connectivity index (χ3v) is 6.55. The molecule has 0 fully saturated rings. The third kappa shape index (κ3) is 4.74. The smallest absolute Gasteiger partial charge is 0.242 e. The van der Waals surface area contributed by atoms with E-state index in [0.29, 0.717) is 5.69 Å². The summed E-state index contributed by atoms with van der Waals surface area (Å²) in [5.41, 5.74) is 0.543. The number of rotatable bonds is 6. The van der Waals surface area contributed by atoms with E-state index in [9.17, 15) is 13.2 Å². The molecule has 0 bridgehead atoms. The van der Waals surface area contributed by atoms with Gasteiger partial charge < -0.3 is 5.32 Å². The molecule has 1 amide bonds. The monoisotopic (exact) mass is 372 g/mol. The summed E-state index contributed by atoms with van der Waals surface area (Å²) in [7, 11) is -0.524. The van der Waals surface area contributed by atoms with Gasteiger partial charge in [0.25, 0.3) is 0 Å². The van der Waals surface area contributed by atoms with Gasteiger partial charge in [0.05, 0.1) is 10.6 Å². The van der Waals surface area contributed by atoms with Crippen molar-refractivity contribution in [1.82, 2.24) is 14.5 Å². The Kier molecular flexibility index (Phi) is 5.74. The summed E-state index contributed by atoms with van der Waals surface area (Å²) in [5, 5.41) is 11.4. The number of sulfonamides is 1. The van der Waals surface area contributed by atoms with Crippen molar-refractivity contribution in [1.29, 1.82) is 0 Å². The Morgan fingerprint density at radius 2 is 1.91 bits per heavy atom. The van der Waals surface area contributed by atoms with Crippen molar-refractivity contribution >= 4 is 44.7 Å². The first-order valence-corrected chi connectivity index (χ1v) is 9.78. The van der Waals surface area contributed by atoms with Crippen molar-refractivity contribution in [2.45, 2.75) is 16.2 Å². The first kappa shape index (κ1) is 17.9. The van der Waals surface area contributed by atoms with Gasteiger partial charge in [0.1, 0.15) is 5.01 Å². The molecular weight excluding hydrogens is 356 g/mol. The number of carbonyl (C=O) groups is 1. The van der Waals surface area contributed by atoms with Crippen LogP contribution < -0.4 is 5.32 Å². The van der Waals surface area contributed by atoms with E-state index in [0.717, 1.165) is 13.7 Å². The van der Waals surface area contributed by atoms with E-state index in [4.69, 9.17) is 0 Å². The second-order valence-electron chi connectivity index (χ2n) is 4.74. The SMILES string of the molecule is Cc1nnc(SCC(=O)Nc2ccc(S(=O)(=O)N(C)C)cc2)s1. The van der Waals surface area contributed by atoms with Gasteiger partial charge in [-0.1, -0.05) is 23.1 Å². The second-order valence-corrected chi connectivity index (χ2v) is 9.29. The largest absolute Gasteiger partial charge is 0.325 e. The number of thioether (sulfide) groups is 1. The number of benzene rings is 1. The number of aromatic nitrogens is 2. The van der Waals surface area contributed by atoms with Gasteiger partial charge in [-0.2, -0.15) is 0 Å². The molecule has 0 aliphatic heterocycles. The summed E-state index contributed by atoms with van der Waals surface area (Å²) in [5.74, 6) is 0.0258. The number of carbonyl (C=O) groups excluding carboxylic acids is 1. The lowest BCUT2D eigenvalue weighted by Crippen LogP contribution is -2.22. The molecule has 0 radical (unpaired) electrons. The maximum absolute atomic E-state index is 12.0. The molecular formula is C13H16N4O3S3. The lowest BCUT2D eigenvalue weighted by Gasteiger charge is -2.11. The lowest BCUT2D eigenvalue weighted by atomic mass is 10.3. The first-order valence-electron chi connectivity index (χ1n) is 6.54. The van der Waals surface area contributed by atoms with E-state index in [1.807, 2.05) is 6.92 Å². The van der Waals surface area contributed by atoms with E-state index in [1.54, 1.807) is 12.1 Å². The van der Waals surface area contributed by atoms with Crippen LogP contribution in [0.15, 0.2) is 33.5 Å². The Bertz CT molecular complexity index is 785. The van der Waals surface area contributed by atoms with Gasteiger partial charge in [-0.15, -0.1) is 10.2 Å². The average Bonchev–Trinajstić information content (AvgIpc) is 2.91. The second kappa shape index (κ2) is 7.39. The molecule has 10 heteroatoms. The molecule has 2 rings (SSSR count). The molecule has 1 aromatic carbocycles. The maximum atomic E-state index is 12.0. The van der Waals surface area contributed by atoms with Crippen molar-refractivity contribution < 1.29 is 13.2 Å². The Morgan fingerprint density at radius 1 is 1.26 bits per heavy atom. The molecule has 0 saturated carbocycles. The molecule has 23 heavy (non-hydrogen) atoms. The zero-order chi connectivity index (χ0) is 17.0. The van der Waals surface area contributed by atoms with Crippen LogP contribution in [0.25, 0.3) is 0 Å². The quantitative estimate of drug-likeness (QED) is 0.778. The van der Waals surface area contributed by atoms with E-state index in [1.165, 1.54) is 49.3 Å². The van der Waals surface area contributed by atoms with Gasteiger partial charge in [-0.25, -0.2) is 12.7 Å². The normalized spacial score (nSPS) is 11.7. The number of hydrogen-bond acceptors (Lipinski definition) is 7. The highest BCUT2D eigenvalue weighted by atomic mass is 32.2. The highest BCUT2D eigenvalue weighted by Crippen LogP contribution is 2.22. The fourth-order valence-electron chi connectivity index (χ4n) is 1.58. The summed E-state index contributed by atoms with van der Waals surface area (Å²) >= 11 is 2.74. The Balaban J connectivity index is 1.94. The predicted molar refractivity (Wildman–Crippen MR) is 91.3 cm³/mol. The number of amides is 1. The van der Waals surface area contributed by atoms with Crippen LogP contribution in [0.4, 0.5) is 5.69 Å². The number of hydrogen-bond donors (Lipinski definition) is 1. The number of nitrogens with one attached hydrogen (secondary N) is 1. The van der Waals surface area contributed by atoms with E-state index >= 15 is 0 Å². The van der Waals surface area contributed by atoms with Gasteiger partial charge in [0, 0.05) is 19.8 Å². The fraction of sp³-hybridized carbons (Fsp3) is 0.308. The van der Waals surface area contributed by atoms with Crippen LogP contribution in [0, 0.1) is 6.92 Å². The van der Waals surface area contributed by atoms with E-state index in [-0.39, 0.29) is 16.6 Å². The molecule has 0 unspecified atom stereocenters. The minimum atomic E-state index is -3.46. The zero-order valence-electron chi connectivity index (χ0n) is 12.8. The molecule has 0 aliphatic rings. The molecule has 124 valence electrons. The summed E-state index contributed by atoms with van der Waals surface area (Å²) < 4.78 is 25.8. The number of aryl methyl sites for hydroxylation is 1. The van der Waals surface area contributed by atoms with Gasteiger partial charge in [0.15, 0.2) is 4.34 Å². The average molecular weight is 372 g/mol. The van der Waals surface area contributed by atoms with Crippen LogP contribution in [0.2, 0.25) is 0 Å². The number of anilines is 1. The molecule has 0 atom stereocenters. The van der Waals surface area contributed by atoms with Gasteiger partial charge in [0.2, 0.25) is 15.9 Å². The molecule has 2 aromatic rings. The Morgan fingerprint density at radius 3 is 2.43 bits per heavy atom. The van der Waals surface area contributed by atoms with Gasteiger partial charge in [-0.05, 0) is 31.2 Å². The van der Waals surface area contributed by atoms with Crippen LogP contribution in [0.3, 0.4) is 0 Å². The number of nitrogens with zero attached hydrogens (tertiary/aromatic N) is 3. The summed E-state index contributed by atoms with van der Waals surface area (Å²) in [6.45, 7) is 1.85. The summed E-state index contributed by atoms with van der Waals surface area (Å²) in [6, 6.07) is 6.06. The zero-order valence-corrected chi connectivity index (χ0v) is 15.3. The van der Waals surface area contributed by atoms with Crippen LogP contribution in [-0.2, 0) is 14.8 Å². The standard InChI is InChI=1S/C13H16N4O3S3/c1-9-15-16-13(22-9)21-8-12(18)14-10-4-6-11(7-5-10)23(19,20)17(2)3/h4-7H,8H2,1-3H3,(H,14,18). The molecule has 7 nitrogen and oxygen atoms in total. The minimum Gasteiger partial charge on any atom is -0.325 e. The molecule has 1 heterocycles. The fourth-order valence-corrected chi connectivity index (χ4v) is 4.10. The van der Waals surface area contributed by atoms with Crippen LogP contribution in [0.1, 0.15) is 5.01 Å². The van der Waals surface area contributed by atoms with E-state index < -0.39 is 10.0 Å². The van der Waals surface area contributed by atoms with Crippen LogP contribution >= 0.6 is 23.1 Å². The van der Waals surface area contributed by atoms with Gasteiger partial charge >= 0.3 is 0 Å². The van der Waals surface area contributed by atoms with Crippen LogP contribution in [-0.4, -0.2) is 48.7 Å². The summed E-state index contributed by atoms with van der Waals surface area (Å²) in [4.78, 5) is 12.1. The van der Waals surface area contributed by atoms with Crippen molar-refractivity contribution in [2.75, 3.05) is 25.2 Å². The highest BCUT2D eigenvalue weighted by Gasteiger charge is 2.16. The van der Waals surface area contributed by atoms with Crippen molar-refractivity contribution in [3.05, 3.63) is 29.3 Å². The molecule has 0 spiro atoms. The Hall–Kier alpha value is -1.49. The highest BCUT2D eigenvalue weighted by molar-refractivity contribution is 8.01. The van der Waals surface area contributed by atoms with Crippen molar-refractivity contribution in [2.24, 2.45) is 0 Å². The molecule has 0 aliphatic carbocycles. The van der Waals surface area contributed by atoms with Crippen molar-refractivity contribution in [3.8, 4) is 0 Å². The van der Waals surface area contributed by atoms with Crippen molar-refractivity contribution in [3.63, 3.8) is 0 Å². The van der Waals surface area contributed by atoms with E-state index in [2.05, 4.69) is 15.5 Å². The predicted octanol–water partition coefficient (Wildman–Crippen LogP) is 1.83. The van der Waals surface area contributed by atoms with Gasteiger partial charge in [-0.3, -0.25) is 4.79 Å². The Labute approximate surface area is 143 Å². The summed E-state index contributed by atoms with van der Waals surface area (Å²) in [6.07, 6.45) is 0. The maximum Gasteiger partial charge on any atom is 0.242 e. The topological polar surface area (TPSA) is 92.3 Å².